The van der Waals surface area contributed by atoms with E-state index in [1.807, 2.05) is 13.8 Å². The van der Waals surface area contributed by atoms with E-state index in [4.69, 9.17) is 9.05 Å². The van der Waals surface area contributed by atoms with Crippen LogP contribution in [0.15, 0.2) is 23.3 Å². The Hall–Kier alpha value is -0.370. The van der Waals surface area contributed by atoms with E-state index in [1.54, 1.807) is 0 Å². The summed E-state index contributed by atoms with van der Waals surface area (Å²) >= 11 is 0. The fourth-order valence-corrected chi connectivity index (χ4v) is 3.28. The van der Waals surface area contributed by atoms with Gasteiger partial charge < -0.3 is 9.05 Å². The highest BCUT2D eigenvalue weighted by Gasteiger charge is 2.21. The number of rotatable bonds is 10. The predicted molar refractivity (Wildman–Crippen MR) is 82.8 cm³/mol. The van der Waals surface area contributed by atoms with Gasteiger partial charge in [-0.2, -0.15) is 0 Å². The van der Waals surface area contributed by atoms with E-state index in [9.17, 15) is 4.57 Å². The Bertz CT molecular complexity index is 331. The molecule has 0 N–H and O–H groups in total. The highest BCUT2D eigenvalue weighted by Crippen LogP contribution is 2.48. The monoisotopic (exact) mass is 288 g/mol. The SMILES string of the molecule is CCOP(=O)(CC/C=C(\C)CCC=C(C)C)OCC. The van der Waals surface area contributed by atoms with Crippen LogP contribution in [0, 0.1) is 0 Å². The molecule has 0 aliphatic carbocycles. The lowest BCUT2D eigenvalue weighted by atomic mass is 10.1. The molecule has 0 atom stereocenters. The fraction of sp³-hybridized carbons (Fsp3) is 0.733. The molecule has 0 aromatic rings. The third kappa shape index (κ3) is 10.1. The maximum Gasteiger partial charge on any atom is 0.330 e. The summed E-state index contributed by atoms with van der Waals surface area (Å²) in [4.78, 5) is 0. The molecule has 19 heavy (non-hydrogen) atoms. The van der Waals surface area contributed by atoms with E-state index in [0.717, 1.165) is 19.3 Å². The van der Waals surface area contributed by atoms with E-state index in [2.05, 4.69) is 32.9 Å². The first-order chi connectivity index (χ1) is 8.93. The van der Waals surface area contributed by atoms with Crippen molar-refractivity contribution in [3.8, 4) is 0 Å². The minimum Gasteiger partial charge on any atom is -0.309 e. The lowest BCUT2D eigenvalue weighted by molar-refractivity contribution is 0.220. The molecule has 0 spiro atoms. The summed E-state index contributed by atoms with van der Waals surface area (Å²) in [5, 5.41) is 0. The average molecular weight is 288 g/mol. The Morgan fingerprint density at radius 2 is 1.58 bits per heavy atom. The second kappa shape index (κ2) is 10.4. The van der Waals surface area contributed by atoms with Crippen molar-refractivity contribution in [2.45, 2.75) is 53.9 Å². The first kappa shape index (κ1) is 18.6. The summed E-state index contributed by atoms with van der Waals surface area (Å²) in [6.45, 7) is 10.9. The van der Waals surface area contributed by atoms with Gasteiger partial charge >= 0.3 is 7.60 Å². The Balaban J connectivity index is 4.15. The molecular weight excluding hydrogens is 259 g/mol. The molecule has 112 valence electrons. The van der Waals surface area contributed by atoms with Gasteiger partial charge in [0, 0.05) is 0 Å². The van der Waals surface area contributed by atoms with Gasteiger partial charge in [0.2, 0.25) is 0 Å². The molecule has 0 heterocycles. The first-order valence-corrected chi connectivity index (χ1v) is 8.83. The van der Waals surface area contributed by atoms with E-state index >= 15 is 0 Å². The number of allylic oxidation sites excluding steroid dienone is 4. The number of hydrogen-bond donors (Lipinski definition) is 0. The van der Waals surface area contributed by atoms with E-state index in [-0.39, 0.29) is 0 Å². The van der Waals surface area contributed by atoms with Crippen LogP contribution < -0.4 is 0 Å². The topological polar surface area (TPSA) is 35.5 Å². The van der Waals surface area contributed by atoms with Crippen molar-refractivity contribution >= 4 is 7.60 Å². The van der Waals surface area contributed by atoms with E-state index in [1.165, 1.54) is 11.1 Å². The van der Waals surface area contributed by atoms with Gasteiger partial charge in [0.05, 0.1) is 19.4 Å². The first-order valence-electron chi connectivity index (χ1n) is 7.10. The van der Waals surface area contributed by atoms with Gasteiger partial charge in [-0.05, 0) is 53.9 Å². The quantitative estimate of drug-likeness (QED) is 0.402. The van der Waals surface area contributed by atoms with Crippen LogP contribution in [0.2, 0.25) is 0 Å². The molecule has 0 saturated heterocycles. The molecule has 0 amide bonds. The van der Waals surface area contributed by atoms with Crippen molar-refractivity contribution in [3.63, 3.8) is 0 Å². The predicted octanol–water partition coefficient (Wildman–Crippen LogP) is 5.34. The molecule has 0 aliphatic rings. The molecule has 4 heteroatoms. The van der Waals surface area contributed by atoms with Crippen molar-refractivity contribution < 1.29 is 13.6 Å². The van der Waals surface area contributed by atoms with Crippen LogP contribution in [0.25, 0.3) is 0 Å². The molecule has 0 bridgehead atoms. The van der Waals surface area contributed by atoms with Crippen molar-refractivity contribution in [2.75, 3.05) is 19.4 Å². The van der Waals surface area contributed by atoms with Crippen LogP contribution in [-0.4, -0.2) is 19.4 Å². The lowest BCUT2D eigenvalue weighted by Gasteiger charge is -2.16. The highest BCUT2D eigenvalue weighted by molar-refractivity contribution is 7.53. The smallest absolute Gasteiger partial charge is 0.309 e. The van der Waals surface area contributed by atoms with Crippen molar-refractivity contribution in [1.82, 2.24) is 0 Å². The van der Waals surface area contributed by atoms with Crippen LogP contribution in [0.3, 0.4) is 0 Å². The Morgan fingerprint density at radius 3 is 2.05 bits per heavy atom. The summed E-state index contributed by atoms with van der Waals surface area (Å²) < 4.78 is 22.7. The summed E-state index contributed by atoms with van der Waals surface area (Å²) in [6.07, 6.45) is 7.72. The minimum atomic E-state index is -2.87. The normalized spacial score (nSPS) is 12.6. The third-order valence-corrected chi connectivity index (χ3v) is 4.75. The molecular formula is C15H29O3P. The van der Waals surface area contributed by atoms with Gasteiger partial charge in [-0.1, -0.05) is 23.3 Å². The largest absolute Gasteiger partial charge is 0.330 e. The maximum absolute atomic E-state index is 12.2. The molecule has 0 aliphatic heterocycles. The van der Waals surface area contributed by atoms with Crippen molar-refractivity contribution in [1.29, 1.82) is 0 Å². The van der Waals surface area contributed by atoms with Crippen LogP contribution in [0.5, 0.6) is 0 Å². The number of hydrogen-bond acceptors (Lipinski definition) is 3. The van der Waals surface area contributed by atoms with Crippen molar-refractivity contribution in [3.05, 3.63) is 23.3 Å². The minimum absolute atomic E-state index is 0.431. The standard InChI is InChI=1S/C15H29O3P/c1-6-17-19(16,18-7-2)13-9-12-15(5)11-8-10-14(3)4/h10,12H,6-9,11,13H2,1-5H3/b15-12+. The summed E-state index contributed by atoms with van der Waals surface area (Å²) in [7, 11) is -2.87. The second-order valence-corrected chi connectivity index (χ2v) is 7.01. The maximum atomic E-state index is 12.2. The van der Waals surface area contributed by atoms with Gasteiger partial charge in [-0.25, -0.2) is 0 Å². The zero-order valence-corrected chi connectivity index (χ0v) is 14.0. The second-order valence-electron chi connectivity index (χ2n) is 4.83. The lowest BCUT2D eigenvalue weighted by Crippen LogP contribution is -1.99. The van der Waals surface area contributed by atoms with E-state index in [0.29, 0.717) is 19.4 Å². The van der Waals surface area contributed by atoms with Crippen LogP contribution >= 0.6 is 7.60 Å². The third-order valence-electron chi connectivity index (χ3n) is 2.64. The summed E-state index contributed by atoms with van der Waals surface area (Å²) in [5.41, 5.74) is 2.68. The Kier molecular flexibility index (Phi) is 10.2. The van der Waals surface area contributed by atoms with Gasteiger partial charge in [-0.3, -0.25) is 4.57 Å². The summed E-state index contributed by atoms with van der Waals surface area (Å²) in [6, 6.07) is 0. The molecule has 0 aromatic heterocycles. The zero-order valence-electron chi connectivity index (χ0n) is 13.1. The van der Waals surface area contributed by atoms with E-state index < -0.39 is 7.60 Å². The van der Waals surface area contributed by atoms with Crippen molar-refractivity contribution in [2.24, 2.45) is 0 Å². The molecule has 0 saturated carbocycles. The van der Waals surface area contributed by atoms with Crippen LogP contribution in [0.1, 0.15) is 53.9 Å². The van der Waals surface area contributed by atoms with Gasteiger partial charge in [0.15, 0.2) is 0 Å². The molecule has 3 nitrogen and oxygen atoms in total. The van der Waals surface area contributed by atoms with Gasteiger partial charge in [-0.15, -0.1) is 0 Å². The van der Waals surface area contributed by atoms with Crippen LogP contribution in [0.4, 0.5) is 0 Å². The highest BCUT2D eigenvalue weighted by atomic mass is 31.2. The fourth-order valence-electron chi connectivity index (χ4n) is 1.72. The molecule has 0 fully saturated rings. The molecule has 0 unspecified atom stereocenters. The average Bonchev–Trinajstić information content (AvgIpc) is 2.28. The Morgan fingerprint density at radius 1 is 1.00 bits per heavy atom. The Labute approximate surface area is 118 Å². The summed E-state index contributed by atoms with van der Waals surface area (Å²) in [5.74, 6) is 0. The molecule has 0 aromatic carbocycles. The molecule has 0 rings (SSSR count). The van der Waals surface area contributed by atoms with Gasteiger partial charge in [0.25, 0.3) is 0 Å². The van der Waals surface area contributed by atoms with Crippen LogP contribution in [-0.2, 0) is 13.6 Å². The zero-order chi connectivity index (χ0) is 14.7. The van der Waals surface area contributed by atoms with Gasteiger partial charge in [0.1, 0.15) is 0 Å². The molecule has 0 radical (unpaired) electrons.